The maximum Gasteiger partial charge on any atom is 0.278 e. The van der Waals surface area contributed by atoms with Crippen LogP contribution in [0.4, 0.5) is 5.69 Å². The third kappa shape index (κ3) is 1.76. The minimum Gasteiger partial charge on any atom is -0.258 e. The number of aryl methyl sites for hydroxylation is 1. The first kappa shape index (κ1) is 9.86. The molecule has 0 fully saturated rings. The molecule has 0 bridgehead atoms. The summed E-state index contributed by atoms with van der Waals surface area (Å²) in [6.45, 7) is 1.89. The number of nitro groups is 1. The van der Waals surface area contributed by atoms with E-state index in [0.29, 0.717) is 0 Å². The average Bonchev–Trinajstić information content (AvgIpc) is 2.70. The van der Waals surface area contributed by atoms with Crippen LogP contribution >= 0.6 is 11.3 Å². The first-order chi connectivity index (χ1) is 7.20. The van der Waals surface area contributed by atoms with E-state index in [2.05, 4.69) is 0 Å². The molecule has 0 atom stereocenters. The summed E-state index contributed by atoms with van der Waals surface area (Å²) in [5.74, 6) is 0. The summed E-state index contributed by atoms with van der Waals surface area (Å²) in [6, 6.07) is 8.95. The topological polar surface area (TPSA) is 43.1 Å². The number of hydrogen-bond donors (Lipinski definition) is 0. The van der Waals surface area contributed by atoms with E-state index in [1.54, 1.807) is 12.1 Å². The zero-order chi connectivity index (χ0) is 10.8. The molecule has 15 heavy (non-hydrogen) atoms. The number of nitro benzene ring substituents is 1. The van der Waals surface area contributed by atoms with Crippen LogP contribution in [0.2, 0.25) is 0 Å². The van der Waals surface area contributed by atoms with Crippen molar-refractivity contribution in [3.63, 3.8) is 0 Å². The fourth-order valence-electron chi connectivity index (χ4n) is 1.55. The quantitative estimate of drug-likeness (QED) is 0.571. The fourth-order valence-corrected chi connectivity index (χ4v) is 2.39. The van der Waals surface area contributed by atoms with Gasteiger partial charge in [0.25, 0.3) is 5.69 Å². The van der Waals surface area contributed by atoms with Gasteiger partial charge in [-0.05, 0) is 23.9 Å². The van der Waals surface area contributed by atoms with E-state index >= 15 is 0 Å². The van der Waals surface area contributed by atoms with Crippen LogP contribution in [0.15, 0.2) is 35.7 Å². The molecule has 0 N–H and O–H groups in total. The Morgan fingerprint density at radius 2 is 2.07 bits per heavy atom. The molecule has 0 amide bonds. The van der Waals surface area contributed by atoms with Crippen LogP contribution in [0.25, 0.3) is 10.4 Å². The van der Waals surface area contributed by atoms with Gasteiger partial charge in [-0.2, -0.15) is 0 Å². The summed E-state index contributed by atoms with van der Waals surface area (Å²) in [4.78, 5) is 11.5. The van der Waals surface area contributed by atoms with E-state index in [-0.39, 0.29) is 10.6 Å². The standard InChI is InChI=1S/C11H9NO2S/c1-8-4-2-5-9(12(13)14)11(8)10-6-3-7-15-10/h2-7H,1H3. The van der Waals surface area contributed by atoms with Crippen molar-refractivity contribution in [1.29, 1.82) is 0 Å². The van der Waals surface area contributed by atoms with Gasteiger partial charge in [0.05, 0.1) is 10.5 Å². The lowest BCUT2D eigenvalue weighted by Crippen LogP contribution is -1.92. The molecular weight excluding hydrogens is 210 g/mol. The Hall–Kier alpha value is -1.68. The Labute approximate surface area is 91.1 Å². The summed E-state index contributed by atoms with van der Waals surface area (Å²) >= 11 is 1.52. The van der Waals surface area contributed by atoms with Gasteiger partial charge in [-0.3, -0.25) is 10.1 Å². The molecule has 0 saturated heterocycles. The molecule has 1 heterocycles. The third-order valence-corrected chi connectivity index (χ3v) is 3.10. The lowest BCUT2D eigenvalue weighted by molar-refractivity contribution is -0.384. The second-order valence-corrected chi connectivity index (χ2v) is 4.15. The van der Waals surface area contributed by atoms with Crippen LogP contribution < -0.4 is 0 Å². The second-order valence-electron chi connectivity index (χ2n) is 3.20. The molecule has 0 radical (unpaired) electrons. The van der Waals surface area contributed by atoms with E-state index in [0.717, 1.165) is 16.0 Å². The van der Waals surface area contributed by atoms with Crippen LogP contribution in [0, 0.1) is 17.0 Å². The Balaban J connectivity index is 2.68. The molecule has 0 saturated carbocycles. The minimum absolute atomic E-state index is 0.178. The number of nitrogens with zero attached hydrogens (tertiary/aromatic N) is 1. The van der Waals surface area contributed by atoms with Gasteiger partial charge in [0, 0.05) is 10.9 Å². The summed E-state index contributed by atoms with van der Waals surface area (Å²) in [6.07, 6.45) is 0. The van der Waals surface area contributed by atoms with Crippen LogP contribution in [-0.4, -0.2) is 4.92 Å². The van der Waals surface area contributed by atoms with Crippen LogP contribution in [-0.2, 0) is 0 Å². The second kappa shape index (κ2) is 3.82. The van der Waals surface area contributed by atoms with E-state index in [1.165, 1.54) is 11.3 Å². The Bertz CT molecular complexity index is 491. The number of rotatable bonds is 2. The first-order valence-corrected chi connectivity index (χ1v) is 5.36. The van der Waals surface area contributed by atoms with Crippen LogP contribution in [0.3, 0.4) is 0 Å². The minimum atomic E-state index is -0.331. The van der Waals surface area contributed by atoms with E-state index < -0.39 is 0 Å². The molecule has 2 rings (SSSR count). The number of hydrogen-bond acceptors (Lipinski definition) is 3. The Morgan fingerprint density at radius 1 is 1.27 bits per heavy atom. The van der Waals surface area contributed by atoms with E-state index in [4.69, 9.17) is 0 Å². The molecule has 1 aromatic carbocycles. The third-order valence-electron chi connectivity index (χ3n) is 2.22. The average molecular weight is 219 g/mol. The monoisotopic (exact) mass is 219 g/mol. The molecule has 1 aromatic heterocycles. The summed E-state index contributed by atoms with van der Waals surface area (Å²) in [7, 11) is 0. The van der Waals surface area contributed by atoms with E-state index in [9.17, 15) is 10.1 Å². The zero-order valence-corrected chi connectivity index (χ0v) is 8.95. The normalized spacial score (nSPS) is 10.2. The molecule has 0 aliphatic carbocycles. The van der Waals surface area contributed by atoms with Crippen molar-refractivity contribution >= 4 is 17.0 Å². The van der Waals surface area contributed by atoms with Crippen molar-refractivity contribution in [2.24, 2.45) is 0 Å². The predicted octanol–water partition coefficient (Wildman–Crippen LogP) is 3.63. The predicted molar refractivity (Wildman–Crippen MR) is 61.1 cm³/mol. The van der Waals surface area contributed by atoms with Gasteiger partial charge in [-0.15, -0.1) is 11.3 Å². The van der Waals surface area contributed by atoms with Gasteiger partial charge < -0.3 is 0 Å². The molecule has 4 heteroatoms. The summed E-state index contributed by atoms with van der Waals surface area (Å²) in [5.41, 5.74) is 1.85. The van der Waals surface area contributed by atoms with Gasteiger partial charge in [0.1, 0.15) is 0 Å². The highest BCUT2D eigenvalue weighted by atomic mass is 32.1. The van der Waals surface area contributed by atoms with Crippen molar-refractivity contribution in [3.8, 4) is 10.4 Å². The van der Waals surface area contributed by atoms with Gasteiger partial charge >= 0.3 is 0 Å². The largest absolute Gasteiger partial charge is 0.278 e. The lowest BCUT2D eigenvalue weighted by Gasteiger charge is -2.03. The summed E-state index contributed by atoms with van der Waals surface area (Å²) < 4.78 is 0. The van der Waals surface area contributed by atoms with Crippen molar-refractivity contribution in [2.75, 3.05) is 0 Å². The highest BCUT2D eigenvalue weighted by Gasteiger charge is 2.17. The van der Waals surface area contributed by atoms with Gasteiger partial charge in [-0.1, -0.05) is 18.2 Å². The smallest absolute Gasteiger partial charge is 0.258 e. The summed E-state index contributed by atoms with van der Waals surface area (Å²) in [5, 5.41) is 12.8. The van der Waals surface area contributed by atoms with Gasteiger partial charge in [0.15, 0.2) is 0 Å². The van der Waals surface area contributed by atoms with Crippen LogP contribution in [0.1, 0.15) is 5.56 Å². The Kier molecular flexibility index (Phi) is 2.51. The SMILES string of the molecule is Cc1cccc([N+](=O)[O-])c1-c1cccs1. The molecule has 76 valence electrons. The number of benzene rings is 1. The zero-order valence-electron chi connectivity index (χ0n) is 8.14. The molecular formula is C11H9NO2S. The highest BCUT2D eigenvalue weighted by Crippen LogP contribution is 2.35. The van der Waals surface area contributed by atoms with Crippen molar-refractivity contribution in [2.45, 2.75) is 6.92 Å². The molecule has 3 nitrogen and oxygen atoms in total. The maximum atomic E-state index is 10.9. The van der Waals surface area contributed by atoms with E-state index in [1.807, 2.05) is 30.5 Å². The van der Waals surface area contributed by atoms with Crippen molar-refractivity contribution in [3.05, 3.63) is 51.4 Å². The van der Waals surface area contributed by atoms with Crippen molar-refractivity contribution < 1.29 is 4.92 Å². The lowest BCUT2D eigenvalue weighted by atomic mass is 10.1. The van der Waals surface area contributed by atoms with Crippen LogP contribution in [0.5, 0.6) is 0 Å². The van der Waals surface area contributed by atoms with Gasteiger partial charge in [0.2, 0.25) is 0 Å². The number of thiophene rings is 1. The maximum absolute atomic E-state index is 10.9. The molecule has 0 unspecified atom stereocenters. The van der Waals surface area contributed by atoms with Gasteiger partial charge in [-0.25, -0.2) is 0 Å². The van der Waals surface area contributed by atoms with Crippen molar-refractivity contribution in [1.82, 2.24) is 0 Å². The molecule has 0 aliphatic rings. The highest BCUT2D eigenvalue weighted by molar-refractivity contribution is 7.13. The molecule has 0 aliphatic heterocycles. The Morgan fingerprint density at radius 3 is 2.67 bits per heavy atom. The first-order valence-electron chi connectivity index (χ1n) is 4.48. The fraction of sp³-hybridized carbons (Fsp3) is 0.0909. The molecule has 0 spiro atoms. The molecule has 2 aromatic rings.